The van der Waals surface area contributed by atoms with Crippen LogP contribution in [-0.2, 0) is 20.9 Å². The van der Waals surface area contributed by atoms with Crippen molar-refractivity contribution in [3.8, 4) is 51.7 Å². The molecule has 0 spiro atoms. The van der Waals surface area contributed by atoms with Crippen LogP contribution in [0.15, 0.2) is 54.6 Å². The van der Waals surface area contributed by atoms with E-state index in [1.165, 1.54) is 19.4 Å². The highest BCUT2D eigenvalue weighted by Crippen LogP contribution is 2.53. The van der Waals surface area contributed by atoms with Crippen molar-refractivity contribution in [2.75, 3.05) is 20.8 Å². The minimum Gasteiger partial charge on any atom is -0.507 e. The molecule has 3 aliphatic heterocycles. The number of carboxylic acid groups (broad SMARTS) is 2. The Morgan fingerprint density at radius 1 is 0.873 bits per heavy atom. The van der Waals surface area contributed by atoms with Gasteiger partial charge in [0, 0.05) is 41.0 Å². The van der Waals surface area contributed by atoms with Gasteiger partial charge >= 0.3 is 23.9 Å². The highest BCUT2D eigenvalue weighted by atomic mass is 16.6. The Balaban J connectivity index is 0.000000207. The molecule has 284 valence electrons. The Bertz CT molecular complexity index is 2310. The number of fused-ring (bicyclic) bond motifs is 7. The average molecular weight is 757 g/mol. The maximum atomic E-state index is 12.9. The largest absolute Gasteiger partial charge is 0.507 e. The van der Waals surface area contributed by atoms with E-state index in [1.807, 2.05) is 30.3 Å². The Hall–Kier alpha value is -7.23. The molecule has 3 heterocycles. The van der Waals surface area contributed by atoms with Crippen LogP contribution in [0.25, 0.3) is 0 Å². The third kappa shape index (κ3) is 6.99. The first-order valence-electron chi connectivity index (χ1n) is 16.3. The van der Waals surface area contributed by atoms with Crippen molar-refractivity contribution in [3.63, 3.8) is 0 Å². The number of phenols is 2. The van der Waals surface area contributed by atoms with E-state index in [0.717, 1.165) is 34.6 Å². The number of hydrogen-bond acceptors (Lipinski definition) is 14. The lowest BCUT2D eigenvalue weighted by molar-refractivity contribution is -0.139. The van der Waals surface area contributed by atoms with Gasteiger partial charge in [-0.15, -0.1) is 0 Å². The van der Waals surface area contributed by atoms with E-state index < -0.39 is 70.2 Å². The molecular weight excluding hydrogens is 724 g/mol. The SMILES string of the molecule is COc1ccc2c(c1)OC1c3ccc(OC)cc3OCC21.Cc1cc(O)c(C=O)c2c1C(=O)Oc1c(COC(=O)C=CC(=O)O)c(O)c(C(=O)O)c(C)c1O2. The van der Waals surface area contributed by atoms with Crippen LogP contribution in [0.5, 0.6) is 51.7 Å². The number of benzene rings is 4. The summed E-state index contributed by atoms with van der Waals surface area (Å²) in [5.74, 6) is -4.35. The predicted octanol–water partition coefficient (Wildman–Crippen LogP) is 5.55. The molecule has 0 radical (unpaired) electrons. The van der Waals surface area contributed by atoms with Crippen LogP contribution in [0, 0.1) is 13.8 Å². The molecule has 2 unspecified atom stereocenters. The number of aryl methyl sites for hydroxylation is 1. The summed E-state index contributed by atoms with van der Waals surface area (Å²) >= 11 is 0. The summed E-state index contributed by atoms with van der Waals surface area (Å²) in [5.41, 5.74) is 0.452. The molecule has 4 aromatic rings. The van der Waals surface area contributed by atoms with E-state index >= 15 is 0 Å². The molecule has 55 heavy (non-hydrogen) atoms. The molecular formula is C39H32O16. The zero-order valence-corrected chi connectivity index (χ0v) is 29.5. The van der Waals surface area contributed by atoms with Gasteiger partial charge < -0.3 is 53.6 Å². The van der Waals surface area contributed by atoms with Crippen LogP contribution in [0.3, 0.4) is 0 Å². The Morgan fingerprint density at radius 3 is 2.18 bits per heavy atom. The number of carboxylic acids is 2. The Labute approximate surface area is 311 Å². The quantitative estimate of drug-likeness (QED) is 0.0747. The van der Waals surface area contributed by atoms with Gasteiger partial charge in [0.1, 0.15) is 58.3 Å². The van der Waals surface area contributed by atoms with Crippen LogP contribution in [0.1, 0.15) is 70.9 Å². The molecule has 0 saturated heterocycles. The third-order valence-corrected chi connectivity index (χ3v) is 9.05. The third-order valence-electron chi connectivity index (χ3n) is 9.05. The number of esters is 2. The van der Waals surface area contributed by atoms with Crippen molar-refractivity contribution in [3.05, 3.63) is 99.1 Å². The summed E-state index contributed by atoms with van der Waals surface area (Å²) in [4.78, 5) is 58.6. The number of carbonyl (C=O) groups excluding carboxylic acids is 3. The van der Waals surface area contributed by atoms with E-state index in [4.69, 9.17) is 38.3 Å². The summed E-state index contributed by atoms with van der Waals surface area (Å²) in [7, 11) is 3.32. The van der Waals surface area contributed by atoms with Gasteiger partial charge in [0.05, 0.1) is 37.9 Å². The molecule has 0 aliphatic carbocycles. The van der Waals surface area contributed by atoms with Gasteiger partial charge in [0.2, 0.25) is 0 Å². The number of aromatic carboxylic acids is 1. The van der Waals surface area contributed by atoms with E-state index in [2.05, 4.69) is 6.07 Å². The second kappa shape index (κ2) is 15.0. The lowest BCUT2D eigenvalue weighted by Gasteiger charge is -2.28. The zero-order valence-electron chi connectivity index (χ0n) is 29.5. The summed E-state index contributed by atoms with van der Waals surface area (Å²) < 4.78 is 38.5. The fraction of sp³-hybridized carbons (Fsp3) is 0.205. The summed E-state index contributed by atoms with van der Waals surface area (Å²) in [6.45, 7) is 2.44. The first-order chi connectivity index (χ1) is 26.3. The summed E-state index contributed by atoms with van der Waals surface area (Å²) in [6.07, 6.45) is 1.31. The second-order valence-electron chi connectivity index (χ2n) is 12.3. The summed E-state index contributed by atoms with van der Waals surface area (Å²) in [6, 6.07) is 13.0. The molecule has 0 amide bonds. The molecule has 0 bridgehead atoms. The Kier molecular flexibility index (Phi) is 10.2. The zero-order chi connectivity index (χ0) is 39.7. The number of rotatable bonds is 8. The number of hydrogen-bond donors (Lipinski definition) is 4. The van der Waals surface area contributed by atoms with Gasteiger partial charge in [0.15, 0.2) is 23.5 Å². The molecule has 0 saturated carbocycles. The smallest absolute Gasteiger partial charge is 0.347 e. The highest BCUT2D eigenvalue weighted by Gasteiger charge is 2.41. The molecule has 4 N–H and O–H groups in total. The standard InChI is InChI=1S/C22H16O12.C17H16O4/c1-8-5-12(24)10(6-23)19-15(8)22(31)34-20-11(7-32-14(27)4-3-13(25)26)17(28)16(21(29)30)9(2)18(20)33-19;1-18-10-4-6-13-15(7-10)20-9-14-12-5-3-11(19-2)8-16(12)21-17(13)14/h3-6,24,28H,7H2,1-2H3,(H,25,26)(H,29,30);3-8,14,17H,9H2,1-2H3. The number of aliphatic carboxylic acids is 1. The molecule has 16 heteroatoms. The number of aromatic hydroxyl groups is 2. The van der Waals surface area contributed by atoms with Crippen LogP contribution in [0.2, 0.25) is 0 Å². The maximum absolute atomic E-state index is 12.9. The van der Waals surface area contributed by atoms with Crippen molar-refractivity contribution >= 4 is 30.2 Å². The first kappa shape index (κ1) is 37.5. The normalized spacial score (nSPS) is 15.7. The van der Waals surface area contributed by atoms with Gasteiger partial charge in [0.25, 0.3) is 0 Å². The van der Waals surface area contributed by atoms with Gasteiger partial charge in [-0.05, 0) is 43.7 Å². The van der Waals surface area contributed by atoms with Crippen LogP contribution >= 0.6 is 0 Å². The molecule has 7 rings (SSSR count). The van der Waals surface area contributed by atoms with Crippen molar-refractivity contribution in [1.82, 2.24) is 0 Å². The summed E-state index contributed by atoms with van der Waals surface area (Å²) in [5, 5.41) is 38.9. The van der Waals surface area contributed by atoms with Crippen molar-refractivity contribution in [1.29, 1.82) is 0 Å². The predicted molar refractivity (Wildman–Crippen MR) is 187 cm³/mol. The van der Waals surface area contributed by atoms with E-state index in [-0.39, 0.29) is 40.7 Å². The maximum Gasteiger partial charge on any atom is 0.347 e. The van der Waals surface area contributed by atoms with E-state index in [1.54, 1.807) is 14.2 Å². The van der Waals surface area contributed by atoms with Gasteiger partial charge in [-0.3, -0.25) is 4.79 Å². The minimum absolute atomic E-state index is 0.00163. The van der Waals surface area contributed by atoms with Crippen molar-refractivity contribution in [2.45, 2.75) is 32.5 Å². The monoisotopic (exact) mass is 756 g/mol. The topological polar surface area (TPSA) is 231 Å². The molecule has 16 nitrogen and oxygen atoms in total. The number of phenolic OH excluding ortho intramolecular Hbond substituents is 1. The Morgan fingerprint density at radius 2 is 1.55 bits per heavy atom. The van der Waals surface area contributed by atoms with Crippen LogP contribution < -0.4 is 28.4 Å². The van der Waals surface area contributed by atoms with Crippen molar-refractivity contribution in [2.24, 2.45) is 0 Å². The fourth-order valence-corrected chi connectivity index (χ4v) is 6.39. The molecule has 4 aromatic carbocycles. The number of aldehydes is 1. The number of methoxy groups -OCH3 is 2. The van der Waals surface area contributed by atoms with Crippen LogP contribution in [0.4, 0.5) is 0 Å². The van der Waals surface area contributed by atoms with Gasteiger partial charge in [-0.1, -0.05) is 6.07 Å². The minimum atomic E-state index is -1.60. The molecule has 2 atom stereocenters. The lowest BCUT2D eigenvalue weighted by atomic mass is 9.89. The molecule has 0 aromatic heterocycles. The lowest BCUT2D eigenvalue weighted by Crippen LogP contribution is -2.23. The average Bonchev–Trinajstić information content (AvgIpc) is 3.45. The van der Waals surface area contributed by atoms with Crippen LogP contribution in [-0.4, -0.2) is 71.4 Å². The highest BCUT2D eigenvalue weighted by molar-refractivity contribution is 6.03. The molecule has 3 aliphatic rings. The number of carbonyl (C=O) groups is 5. The van der Waals surface area contributed by atoms with E-state index in [0.29, 0.717) is 18.8 Å². The molecule has 0 fully saturated rings. The van der Waals surface area contributed by atoms with Gasteiger partial charge in [-0.25, -0.2) is 19.2 Å². The fourth-order valence-electron chi connectivity index (χ4n) is 6.39. The van der Waals surface area contributed by atoms with E-state index in [9.17, 15) is 39.3 Å². The number of ether oxygens (including phenoxy) is 7. The van der Waals surface area contributed by atoms with Crippen molar-refractivity contribution < 1.29 is 77.6 Å². The first-order valence-corrected chi connectivity index (χ1v) is 16.3. The van der Waals surface area contributed by atoms with Gasteiger partial charge in [-0.2, -0.15) is 0 Å². The second-order valence-corrected chi connectivity index (χ2v) is 12.3.